The number of aromatic nitrogens is 2. The van der Waals surface area contributed by atoms with Crippen LogP contribution in [-0.2, 0) is 0 Å². The van der Waals surface area contributed by atoms with E-state index in [4.69, 9.17) is 9.97 Å². The second kappa shape index (κ2) is 13.6. The van der Waals surface area contributed by atoms with Crippen LogP contribution in [0.1, 0.15) is 60.9 Å². The molecule has 0 saturated heterocycles. The number of nitrogens with zero attached hydrogens (tertiary/aromatic N) is 2. The Hall–Kier alpha value is -5.60. The Morgan fingerprint density at radius 2 is 1.10 bits per heavy atom. The highest BCUT2D eigenvalue weighted by Gasteiger charge is 2.22. The summed E-state index contributed by atoms with van der Waals surface area (Å²) in [6.07, 6.45) is 20.2. The Morgan fingerprint density at radius 1 is 0.458 bits per heavy atom. The van der Waals surface area contributed by atoms with Gasteiger partial charge in [-0.1, -0.05) is 146 Å². The van der Waals surface area contributed by atoms with Crippen molar-refractivity contribution in [1.29, 1.82) is 0 Å². The summed E-state index contributed by atoms with van der Waals surface area (Å²) in [6.45, 7) is 0. The molecule has 4 aromatic carbocycles. The summed E-state index contributed by atoms with van der Waals surface area (Å²) in [4.78, 5) is 10.4. The van der Waals surface area contributed by atoms with Gasteiger partial charge in [-0.05, 0) is 101 Å². The fourth-order valence-electron chi connectivity index (χ4n) is 7.14. The Kier molecular flexibility index (Phi) is 8.46. The molecule has 0 bridgehead atoms. The number of benzene rings is 4. The lowest BCUT2D eigenvalue weighted by Gasteiger charge is -2.24. The van der Waals surface area contributed by atoms with Crippen LogP contribution in [0.15, 0.2) is 169 Å². The van der Waals surface area contributed by atoms with Crippen molar-refractivity contribution < 1.29 is 0 Å². The summed E-state index contributed by atoms with van der Waals surface area (Å²) in [5.74, 6) is 0.756. The molecule has 0 amide bonds. The van der Waals surface area contributed by atoms with Crippen molar-refractivity contribution in [3.05, 3.63) is 191 Å². The Morgan fingerprint density at radius 3 is 1.81 bits per heavy atom. The lowest BCUT2D eigenvalue weighted by molar-refractivity contribution is 0.955. The van der Waals surface area contributed by atoms with Crippen LogP contribution in [0.3, 0.4) is 0 Å². The summed E-state index contributed by atoms with van der Waals surface area (Å²) in [7, 11) is 0. The highest BCUT2D eigenvalue weighted by molar-refractivity contribution is 6.16. The van der Waals surface area contributed by atoms with Gasteiger partial charge in [-0.2, -0.15) is 0 Å². The quantitative estimate of drug-likeness (QED) is 0.181. The first kappa shape index (κ1) is 29.8. The average molecular weight is 619 g/mol. The van der Waals surface area contributed by atoms with Gasteiger partial charge in [0.05, 0.1) is 11.4 Å². The molecule has 0 saturated carbocycles. The van der Waals surface area contributed by atoms with E-state index in [1.54, 1.807) is 0 Å². The molecule has 0 atom stereocenters. The minimum atomic E-state index is 0.756. The Labute approximate surface area is 284 Å². The molecule has 3 aliphatic rings. The van der Waals surface area contributed by atoms with Crippen LogP contribution < -0.4 is 0 Å². The van der Waals surface area contributed by atoms with Crippen molar-refractivity contribution in [2.45, 2.75) is 38.5 Å². The topological polar surface area (TPSA) is 25.8 Å². The van der Waals surface area contributed by atoms with Crippen LogP contribution in [0.25, 0.3) is 44.9 Å². The first-order valence-corrected chi connectivity index (χ1v) is 17.2. The van der Waals surface area contributed by atoms with Gasteiger partial charge in [-0.15, -0.1) is 0 Å². The van der Waals surface area contributed by atoms with E-state index in [1.807, 2.05) is 0 Å². The predicted octanol–water partition coefficient (Wildman–Crippen LogP) is 12.0. The highest BCUT2D eigenvalue weighted by Crippen LogP contribution is 2.44. The maximum Gasteiger partial charge on any atom is 0.160 e. The van der Waals surface area contributed by atoms with Gasteiger partial charge in [0.15, 0.2) is 5.82 Å². The van der Waals surface area contributed by atoms with Gasteiger partial charge < -0.3 is 0 Å². The lowest BCUT2D eigenvalue weighted by atomic mass is 9.80. The van der Waals surface area contributed by atoms with Gasteiger partial charge in [0.25, 0.3) is 0 Å². The summed E-state index contributed by atoms with van der Waals surface area (Å²) in [6, 6.07) is 43.2. The fraction of sp³-hybridized carbons (Fsp3) is 0.130. The molecule has 0 aliphatic heterocycles. The minimum absolute atomic E-state index is 0.756. The standard InChI is InChI=1S/C46H38N2/c1-5-15-33(16-6-1)34-27-29-37(30-28-34)44-32-43(36-19-9-3-10-20-36)47-46(48-44)40-24-13-23-39(31-40)42-26-14-25-41(35-17-7-2-8-18-35)45(42)38-21-11-4-12-22-38/h2-5,7-13,15-24,26-27,29,31-32H,1,6,14,25,28,30H2. The van der Waals surface area contributed by atoms with E-state index in [9.17, 15) is 0 Å². The molecule has 1 aromatic heterocycles. The molecule has 2 heteroatoms. The normalized spacial score (nSPS) is 16.2. The smallest absolute Gasteiger partial charge is 0.160 e. The molecule has 3 aliphatic carbocycles. The number of hydrogen-bond acceptors (Lipinski definition) is 2. The summed E-state index contributed by atoms with van der Waals surface area (Å²) in [5, 5.41) is 0. The molecule has 0 unspecified atom stereocenters. The SMILES string of the molecule is C1=CC(C2=CC=C(c3cc(-c4ccccc4)nc(-c4cccc(C5=CCCC(c6ccccc6)=C5c5ccccc5)c4)n3)CC2)=CCC1. The van der Waals surface area contributed by atoms with Crippen molar-refractivity contribution in [3.63, 3.8) is 0 Å². The van der Waals surface area contributed by atoms with Gasteiger partial charge >= 0.3 is 0 Å². The second-order valence-electron chi connectivity index (χ2n) is 12.7. The van der Waals surface area contributed by atoms with E-state index in [1.165, 1.54) is 50.1 Å². The number of allylic oxidation sites excluding steroid dienone is 12. The molecule has 0 N–H and O–H groups in total. The zero-order valence-corrected chi connectivity index (χ0v) is 27.1. The molecule has 5 aromatic rings. The zero-order chi connectivity index (χ0) is 32.1. The van der Waals surface area contributed by atoms with Crippen LogP contribution in [0, 0.1) is 0 Å². The monoisotopic (exact) mass is 618 g/mol. The van der Waals surface area contributed by atoms with Gasteiger partial charge in [0.2, 0.25) is 0 Å². The van der Waals surface area contributed by atoms with E-state index in [-0.39, 0.29) is 0 Å². The van der Waals surface area contributed by atoms with E-state index in [2.05, 4.69) is 158 Å². The molecule has 48 heavy (non-hydrogen) atoms. The maximum atomic E-state index is 5.25. The Bertz CT molecular complexity index is 2140. The maximum absolute atomic E-state index is 5.25. The van der Waals surface area contributed by atoms with E-state index >= 15 is 0 Å². The average Bonchev–Trinajstić information content (AvgIpc) is 3.19. The van der Waals surface area contributed by atoms with Gasteiger partial charge in [0.1, 0.15) is 0 Å². The van der Waals surface area contributed by atoms with Gasteiger partial charge in [-0.3, -0.25) is 0 Å². The molecular weight excluding hydrogens is 581 g/mol. The van der Waals surface area contributed by atoms with Crippen LogP contribution >= 0.6 is 0 Å². The third-order valence-corrected chi connectivity index (χ3v) is 9.57. The first-order valence-electron chi connectivity index (χ1n) is 17.2. The van der Waals surface area contributed by atoms with Crippen molar-refractivity contribution in [2.24, 2.45) is 0 Å². The molecule has 0 spiro atoms. The van der Waals surface area contributed by atoms with Crippen molar-refractivity contribution >= 4 is 22.3 Å². The predicted molar refractivity (Wildman–Crippen MR) is 202 cm³/mol. The summed E-state index contributed by atoms with van der Waals surface area (Å²) in [5.41, 5.74) is 15.8. The molecule has 8 rings (SSSR count). The van der Waals surface area contributed by atoms with Gasteiger partial charge in [-0.25, -0.2) is 9.97 Å². The van der Waals surface area contributed by atoms with E-state index in [0.717, 1.165) is 66.9 Å². The third-order valence-electron chi connectivity index (χ3n) is 9.57. The summed E-state index contributed by atoms with van der Waals surface area (Å²) < 4.78 is 0. The largest absolute Gasteiger partial charge is 0.228 e. The van der Waals surface area contributed by atoms with Crippen LogP contribution in [0.4, 0.5) is 0 Å². The second-order valence-corrected chi connectivity index (χ2v) is 12.7. The van der Waals surface area contributed by atoms with E-state index in [0.29, 0.717) is 0 Å². The number of hydrogen-bond donors (Lipinski definition) is 0. The van der Waals surface area contributed by atoms with Crippen molar-refractivity contribution in [1.82, 2.24) is 9.97 Å². The summed E-state index contributed by atoms with van der Waals surface area (Å²) >= 11 is 0. The van der Waals surface area contributed by atoms with Crippen molar-refractivity contribution in [2.75, 3.05) is 0 Å². The first-order chi connectivity index (χ1) is 23.8. The van der Waals surface area contributed by atoms with Crippen LogP contribution in [-0.4, -0.2) is 9.97 Å². The molecule has 1 heterocycles. The lowest BCUT2D eigenvalue weighted by Crippen LogP contribution is -2.03. The third kappa shape index (κ3) is 6.22. The minimum Gasteiger partial charge on any atom is -0.228 e. The van der Waals surface area contributed by atoms with Gasteiger partial charge in [0, 0.05) is 11.1 Å². The molecule has 0 radical (unpaired) electrons. The van der Waals surface area contributed by atoms with Crippen LogP contribution in [0.2, 0.25) is 0 Å². The molecule has 232 valence electrons. The molecule has 0 fully saturated rings. The van der Waals surface area contributed by atoms with E-state index < -0.39 is 0 Å². The Balaban J connectivity index is 1.22. The number of rotatable bonds is 7. The van der Waals surface area contributed by atoms with Crippen LogP contribution in [0.5, 0.6) is 0 Å². The zero-order valence-electron chi connectivity index (χ0n) is 27.1. The molecular formula is C46H38N2. The van der Waals surface area contributed by atoms with Crippen molar-refractivity contribution in [3.8, 4) is 22.6 Å². The highest BCUT2D eigenvalue weighted by atomic mass is 14.9. The molecule has 2 nitrogen and oxygen atoms in total. The fourth-order valence-corrected chi connectivity index (χ4v) is 7.14.